The first kappa shape index (κ1) is 18.2. The summed E-state index contributed by atoms with van der Waals surface area (Å²) in [4.78, 5) is 24.3. The van der Waals surface area contributed by atoms with Crippen molar-refractivity contribution in [3.63, 3.8) is 0 Å². The third-order valence-electron chi connectivity index (χ3n) is 3.44. The highest BCUT2D eigenvalue weighted by Crippen LogP contribution is 2.27. The van der Waals surface area contributed by atoms with Gasteiger partial charge in [-0.1, -0.05) is 50.3 Å². The molecule has 2 atom stereocenters. The fraction of sp³-hybridized carbons (Fsp3) is 0.556. The maximum Gasteiger partial charge on any atom is 0.313 e. The standard InChI is InChI=1S/C18H26O4/c1-3-5-9-13-21-17(19)15-11-7-8-12-16(15)18(20)22-14-10-6-4-2/h5-7,9-11,15-16H,3-4,8,12-14H2,1-2H3/b9-5+,10-6+. The molecule has 22 heavy (non-hydrogen) atoms. The van der Waals surface area contributed by atoms with E-state index in [0.717, 1.165) is 19.3 Å². The molecule has 0 aromatic rings. The van der Waals surface area contributed by atoms with Gasteiger partial charge in [0, 0.05) is 0 Å². The van der Waals surface area contributed by atoms with Crippen molar-refractivity contribution in [1.82, 2.24) is 0 Å². The van der Waals surface area contributed by atoms with Crippen LogP contribution in [0.15, 0.2) is 36.5 Å². The van der Waals surface area contributed by atoms with Gasteiger partial charge in [-0.2, -0.15) is 0 Å². The van der Waals surface area contributed by atoms with E-state index in [1.807, 2.05) is 44.2 Å². The SMILES string of the molecule is CC/C=C/COC(=O)C1C=CCCC1C(=O)OC/C=C/CC. The fourth-order valence-electron chi connectivity index (χ4n) is 2.27. The number of allylic oxidation sites excluding steroid dienone is 3. The second-order valence-corrected chi connectivity index (χ2v) is 5.16. The molecule has 122 valence electrons. The first-order valence-electron chi connectivity index (χ1n) is 8.00. The lowest BCUT2D eigenvalue weighted by atomic mass is 9.84. The van der Waals surface area contributed by atoms with Crippen molar-refractivity contribution in [3.05, 3.63) is 36.5 Å². The maximum absolute atomic E-state index is 12.1. The van der Waals surface area contributed by atoms with E-state index in [4.69, 9.17) is 9.47 Å². The van der Waals surface area contributed by atoms with Gasteiger partial charge >= 0.3 is 11.9 Å². The predicted molar refractivity (Wildman–Crippen MR) is 86.1 cm³/mol. The van der Waals surface area contributed by atoms with Gasteiger partial charge in [0.1, 0.15) is 13.2 Å². The van der Waals surface area contributed by atoms with Gasteiger partial charge in [0.05, 0.1) is 11.8 Å². The molecule has 0 radical (unpaired) electrons. The quantitative estimate of drug-likeness (QED) is 0.508. The normalized spacial score (nSPS) is 21.4. The van der Waals surface area contributed by atoms with E-state index in [-0.39, 0.29) is 25.2 Å². The Balaban J connectivity index is 2.54. The Labute approximate surface area is 132 Å². The summed E-state index contributed by atoms with van der Waals surface area (Å²) in [5, 5.41) is 0. The molecular weight excluding hydrogens is 280 g/mol. The van der Waals surface area contributed by atoms with E-state index in [1.165, 1.54) is 0 Å². The summed E-state index contributed by atoms with van der Waals surface area (Å²) in [6.07, 6.45) is 14.4. The molecule has 0 N–H and O–H groups in total. The van der Waals surface area contributed by atoms with Crippen LogP contribution in [0.3, 0.4) is 0 Å². The average molecular weight is 306 g/mol. The molecule has 4 nitrogen and oxygen atoms in total. The van der Waals surface area contributed by atoms with Crippen molar-refractivity contribution in [2.24, 2.45) is 11.8 Å². The summed E-state index contributed by atoms with van der Waals surface area (Å²) in [6, 6.07) is 0. The van der Waals surface area contributed by atoms with Crippen LogP contribution in [0.1, 0.15) is 39.5 Å². The zero-order valence-electron chi connectivity index (χ0n) is 13.5. The summed E-state index contributed by atoms with van der Waals surface area (Å²) < 4.78 is 10.4. The van der Waals surface area contributed by atoms with Crippen LogP contribution in [0.2, 0.25) is 0 Å². The van der Waals surface area contributed by atoms with Gasteiger partial charge in [0.25, 0.3) is 0 Å². The molecule has 2 unspecified atom stereocenters. The second-order valence-electron chi connectivity index (χ2n) is 5.16. The zero-order valence-corrected chi connectivity index (χ0v) is 13.5. The molecule has 1 aliphatic rings. The number of hydrogen-bond donors (Lipinski definition) is 0. The molecule has 0 saturated carbocycles. The Bertz CT molecular complexity index is 434. The number of rotatable bonds is 8. The monoisotopic (exact) mass is 306 g/mol. The second kappa shape index (κ2) is 10.8. The van der Waals surface area contributed by atoms with Crippen molar-refractivity contribution in [1.29, 1.82) is 0 Å². The number of carbonyl (C=O) groups excluding carboxylic acids is 2. The summed E-state index contributed by atoms with van der Waals surface area (Å²) in [5.74, 6) is -1.66. The van der Waals surface area contributed by atoms with E-state index in [9.17, 15) is 9.59 Å². The van der Waals surface area contributed by atoms with Gasteiger partial charge in [-0.3, -0.25) is 9.59 Å². The van der Waals surface area contributed by atoms with Crippen LogP contribution in [0.5, 0.6) is 0 Å². The lowest BCUT2D eigenvalue weighted by Gasteiger charge is -2.24. The first-order valence-corrected chi connectivity index (χ1v) is 8.00. The van der Waals surface area contributed by atoms with Crippen molar-refractivity contribution in [2.45, 2.75) is 39.5 Å². The summed E-state index contributed by atoms with van der Waals surface area (Å²) in [7, 11) is 0. The third kappa shape index (κ3) is 6.29. The first-order chi connectivity index (χ1) is 10.7. The Morgan fingerprint density at radius 3 is 2.18 bits per heavy atom. The fourth-order valence-corrected chi connectivity index (χ4v) is 2.27. The summed E-state index contributed by atoms with van der Waals surface area (Å²) >= 11 is 0. The van der Waals surface area contributed by atoms with Crippen molar-refractivity contribution in [2.75, 3.05) is 13.2 Å². The van der Waals surface area contributed by atoms with Crippen molar-refractivity contribution < 1.29 is 19.1 Å². The van der Waals surface area contributed by atoms with Crippen LogP contribution in [0.25, 0.3) is 0 Å². The largest absolute Gasteiger partial charge is 0.461 e. The van der Waals surface area contributed by atoms with Crippen LogP contribution < -0.4 is 0 Å². The Kier molecular flexibility index (Phi) is 8.96. The van der Waals surface area contributed by atoms with Gasteiger partial charge in [-0.15, -0.1) is 0 Å². The van der Waals surface area contributed by atoms with E-state index in [1.54, 1.807) is 6.08 Å². The van der Waals surface area contributed by atoms with Crippen LogP contribution in [-0.4, -0.2) is 25.2 Å². The van der Waals surface area contributed by atoms with E-state index in [2.05, 4.69) is 0 Å². The number of hydrogen-bond acceptors (Lipinski definition) is 4. The van der Waals surface area contributed by atoms with Crippen LogP contribution in [-0.2, 0) is 19.1 Å². The number of ether oxygens (including phenoxy) is 2. The maximum atomic E-state index is 12.1. The molecule has 1 aliphatic carbocycles. The summed E-state index contributed by atoms with van der Waals surface area (Å²) in [6.45, 7) is 4.54. The lowest BCUT2D eigenvalue weighted by Crippen LogP contribution is -2.33. The smallest absolute Gasteiger partial charge is 0.313 e. The highest BCUT2D eigenvalue weighted by Gasteiger charge is 2.35. The topological polar surface area (TPSA) is 52.6 Å². The minimum absolute atomic E-state index is 0.248. The van der Waals surface area contributed by atoms with Crippen molar-refractivity contribution >= 4 is 11.9 Å². The lowest BCUT2D eigenvalue weighted by molar-refractivity contribution is -0.158. The van der Waals surface area contributed by atoms with Crippen LogP contribution in [0, 0.1) is 11.8 Å². The zero-order chi connectivity index (χ0) is 16.2. The van der Waals surface area contributed by atoms with Gasteiger partial charge < -0.3 is 9.47 Å². The molecule has 0 amide bonds. The molecular formula is C18H26O4. The predicted octanol–water partition coefficient (Wildman–Crippen LogP) is 3.59. The minimum Gasteiger partial charge on any atom is -0.461 e. The van der Waals surface area contributed by atoms with Gasteiger partial charge in [-0.05, 0) is 25.7 Å². The van der Waals surface area contributed by atoms with Gasteiger partial charge in [0.15, 0.2) is 0 Å². The van der Waals surface area contributed by atoms with Crippen LogP contribution in [0.4, 0.5) is 0 Å². The van der Waals surface area contributed by atoms with Crippen LogP contribution >= 0.6 is 0 Å². The molecule has 4 heteroatoms. The Hall–Kier alpha value is -1.84. The molecule has 0 bridgehead atoms. The molecule has 0 saturated heterocycles. The Morgan fingerprint density at radius 2 is 1.59 bits per heavy atom. The van der Waals surface area contributed by atoms with E-state index >= 15 is 0 Å². The molecule has 0 spiro atoms. The Morgan fingerprint density at radius 1 is 1.00 bits per heavy atom. The molecule has 0 heterocycles. The third-order valence-corrected chi connectivity index (χ3v) is 3.44. The minimum atomic E-state index is -0.536. The van der Waals surface area contributed by atoms with Gasteiger partial charge in [0.2, 0.25) is 0 Å². The number of carbonyl (C=O) groups is 2. The number of esters is 2. The molecule has 0 aliphatic heterocycles. The molecule has 0 fully saturated rings. The average Bonchev–Trinajstić information content (AvgIpc) is 2.55. The summed E-state index contributed by atoms with van der Waals surface area (Å²) in [5.41, 5.74) is 0. The molecule has 1 rings (SSSR count). The van der Waals surface area contributed by atoms with Gasteiger partial charge in [-0.25, -0.2) is 0 Å². The van der Waals surface area contributed by atoms with Crippen molar-refractivity contribution in [3.8, 4) is 0 Å². The highest BCUT2D eigenvalue weighted by molar-refractivity contribution is 5.84. The molecule has 0 aromatic heterocycles. The molecule has 0 aromatic carbocycles. The van der Waals surface area contributed by atoms with E-state index < -0.39 is 11.8 Å². The highest BCUT2D eigenvalue weighted by atomic mass is 16.5. The van der Waals surface area contributed by atoms with E-state index in [0.29, 0.717) is 6.42 Å².